The molecule has 0 heterocycles. The molecule has 0 spiro atoms. The zero-order valence-corrected chi connectivity index (χ0v) is 10.7. The van der Waals surface area contributed by atoms with Crippen LogP contribution >= 0.6 is 11.8 Å². The maximum atomic E-state index is 8.54. The molecule has 1 atom stereocenters. The van der Waals surface area contributed by atoms with Crippen LogP contribution in [0.1, 0.15) is 23.1 Å². The fourth-order valence-corrected chi connectivity index (χ4v) is 2.58. The van der Waals surface area contributed by atoms with Crippen LogP contribution in [0.2, 0.25) is 0 Å². The van der Waals surface area contributed by atoms with E-state index in [1.165, 1.54) is 16.7 Å². The van der Waals surface area contributed by atoms with E-state index in [1.54, 1.807) is 0 Å². The minimum Gasteiger partial charge on any atom is -0.316 e. The van der Waals surface area contributed by atoms with Crippen LogP contribution in [0.15, 0.2) is 18.2 Å². The van der Waals surface area contributed by atoms with Crippen molar-refractivity contribution in [3.05, 3.63) is 34.9 Å². The van der Waals surface area contributed by atoms with Gasteiger partial charge < -0.3 is 5.73 Å². The van der Waals surface area contributed by atoms with Gasteiger partial charge in [0.05, 0.1) is 12.1 Å². The highest BCUT2D eigenvalue weighted by atomic mass is 32.2. The van der Waals surface area contributed by atoms with Crippen molar-refractivity contribution in [3.63, 3.8) is 0 Å². The molecule has 0 bridgehead atoms. The number of nitrogens with zero attached hydrogens (tertiary/aromatic N) is 1. The first-order chi connectivity index (χ1) is 7.61. The number of benzene rings is 1. The molecule has 0 saturated carbocycles. The van der Waals surface area contributed by atoms with E-state index in [9.17, 15) is 0 Å². The van der Waals surface area contributed by atoms with Crippen molar-refractivity contribution in [2.24, 2.45) is 5.73 Å². The third kappa shape index (κ3) is 4.69. The van der Waals surface area contributed by atoms with Crippen LogP contribution in [0.25, 0.3) is 0 Å². The lowest BCUT2D eigenvalue weighted by molar-refractivity contribution is 0.803. The molecule has 0 aliphatic rings. The van der Waals surface area contributed by atoms with Gasteiger partial charge in [0.25, 0.3) is 0 Å². The van der Waals surface area contributed by atoms with Gasteiger partial charge in [-0.1, -0.05) is 29.3 Å². The van der Waals surface area contributed by atoms with E-state index in [2.05, 4.69) is 32.0 Å². The van der Waals surface area contributed by atoms with Gasteiger partial charge in [0, 0.05) is 5.75 Å². The molecule has 1 unspecified atom stereocenters. The summed E-state index contributed by atoms with van der Waals surface area (Å²) in [5.41, 5.74) is 9.50. The Morgan fingerprint density at radius 1 is 1.31 bits per heavy atom. The average molecular weight is 234 g/mol. The minimum absolute atomic E-state index is 0.313. The molecule has 0 amide bonds. The molecule has 0 aromatic heterocycles. The van der Waals surface area contributed by atoms with Crippen LogP contribution in [-0.2, 0) is 5.75 Å². The van der Waals surface area contributed by atoms with E-state index in [0.717, 1.165) is 17.9 Å². The summed E-state index contributed by atoms with van der Waals surface area (Å²) in [6.07, 6.45) is 0.770. The first-order valence-corrected chi connectivity index (χ1v) is 6.57. The zero-order chi connectivity index (χ0) is 12.0. The lowest BCUT2D eigenvalue weighted by Gasteiger charge is -2.05. The lowest BCUT2D eigenvalue weighted by Crippen LogP contribution is -2.17. The summed E-state index contributed by atoms with van der Waals surface area (Å²) in [5, 5.41) is 8.54. The predicted molar refractivity (Wildman–Crippen MR) is 70.3 cm³/mol. The molecular weight excluding hydrogens is 216 g/mol. The van der Waals surface area contributed by atoms with Crippen molar-refractivity contribution in [1.29, 1.82) is 5.26 Å². The molecule has 0 aliphatic carbocycles. The number of hydrogen-bond acceptors (Lipinski definition) is 3. The highest BCUT2D eigenvalue weighted by Gasteiger charge is 2.00. The number of nitriles is 1. The SMILES string of the molecule is Cc1cc(C)cc(CSCCC(N)C#N)c1. The van der Waals surface area contributed by atoms with Gasteiger partial charge in [-0.15, -0.1) is 0 Å². The quantitative estimate of drug-likeness (QED) is 0.797. The molecule has 1 aromatic carbocycles. The van der Waals surface area contributed by atoms with Gasteiger partial charge >= 0.3 is 0 Å². The molecular formula is C13H18N2S. The summed E-state index contributed by atoms with van der Waals surface area (Å²) in [5.74, 6) is 1.95. The van der Waals surface area contributed by atoms with Gasteiger partial charge in [-0.2, -0.15) is 17.0 Å². The molecule has 0 saturated heterocycles. The lowest BCUT2D eigenvalue weighted by atomic mass is 10.1. The Balaban J connectivity index is 2.35. The fraction of sp³-hybridized carbons (Fsp3) is 0.462. The van der Waals surface area contributed by atoms with Gasteiger partial charge in [0.2, 0.25) is 0 Å². The van der Waals surface area contributed by atoms with Gasteiger partial charge in [0.15, 0.2) is 0 Å². The average Bonchev–Trinajstić information content (AvgIpc) is 2.22. The molecule has 16 heavy (non-hydrogen) atoms. The summed E-state index contributed by atoms with van der Waals surface area (Å²) < 4.78 is 0. The van der Waals surface area contributed by atoms with Crippen molar-refractivity contribution in [1.82, 2.24) is 0 Å². The van der Waals surface area contributed by atoms with Crippen molar-refractivity contribution in [2.75, 3.05) is 5.75 Å². The monoisotopic (exact) mass is 234 g/mol. The van der Waals surface area contributed by atoms with Crippen LogP contribution in [-0.4, -0.2) is 11.8 Å². The maximum absolute atomic E-state index is 8.54. The van der Waals surface area contributed by atoms with E-state index < -0.39 is 0 Å². The summed E-state index contributed by atoms with van der Waals surface area (Å²) in [6.45, 7) is 4.24. The molecule has 2 N–H and O–H groups in total. The molecule has 0 radical (unpaired) electrons. The summed E-state index contributed by atoms with van der Waals surface area (Å²) >= 11 is 1.84. The van der Waals surface area contributed by atoms with Gasteiger partial charge in [-0.05, 0) is 31.6 Å². The predicted octanol–water partition coefficient (Wildman–Crippen LogP) is 2.78. The summed E-state index contributed by atoms with van der Waals surface area (Å²) in [4.78, 5) is 0. The molecule has 86 valence electrons. The van der Waals surface area contributed by atoms with Gasteiger partial charge in [0.1, 0.15) is 0 Å². The first kappa shape index (κ1) is 13.1. The van der Waals surface area contributed by atoms with Crippen LogP contribution in [0.4, 0.5) is 0 Å². The third-order valence-electron chi connectivity index (χ3n) is 2.29. The number of aryl methyl sites for hydroxylation is 2. The number of hydrogen-bond donors (Lipinski definition) is 1. The molecule has 2 nitrogen and oxygen atoms in total. The van der Waals surface area contributed by atoms with Gasteiger partial charge in [-0.25, -0.2) is 0 Å². The van der Waals surface area contributed by atoms with Crippen LogP contribution in [0.3, 0.4) is 0 Å². The van der Waals surface area contributed by atoms with E-state index in [1.807, 2.05) is 17.8 Å². The van der Waals surface area contributed by atoms with Crippen LogP contribution in [0.5, 0.6) is 0 Å². The van der Waals surface area contributed by atoms with E-state index in [-0.39, 0.29) is 6.04 Å². The summed E-state index contributed by atoms with van der Waals surface area (Å²) in [6, 6.07) is 8.34. The first-order valence-electron chi connectivity index (χ1n) is 5.42. The Morgan fingerprint density at radius 2 is 1.94 bits per heavy atom. The van der Waals surface area contributed by atoms with Crippen molar-refractivity contribution in [3.8, 4) is 6.07 Å². The topological polar surface area (TPSA) is 49.8 Å². The third-order valence-corrected chi connectivity index (χ3v) is 3.35. The number of thioether (sulfide) groups is 1. The minimum atomic E-state index is -0.313. The Hall–Kier alpha value is -0.980. The Labute approximate surface area is 102 Å². The second-order valence-corrected chi connectivity index (χ2v) is 5.18. The maximum Gasteiger partial charge on any atom is 0.0935 e. The Morgan fingerprint density at radius 3 is 2.50 bits per heavy atom. The van der Waals surface area contributed by atoms with Crippen molar-refractivity contribution >= 4 is 11.8 Å². The molecule has 3 heteroatoms. The van der Waals surface area contributed by atoms with E-state index >= 15 is 0 Å². The van der Waals surface area contributed by atoms with Crippen molar-refractivity contribution < 1.29 is 0 Å². The second kappa shape index (κ2) is 6.57. The molecule has 0 fully saturated rings. The normalized spacial score (nSPS) is 12.1. The number of nitrogens with two attached hydrogens (primary N) is 1. The Bertz CT molecular complexity index is 362. The van der Waals surface area contributed by atoms with Crippen molar-refractivity contribution in [2.45, 2.75) is 32.1 Å². The highest BCUT2D eigenvalue weighted by molar-refractivity contribution is 7.98. The van der Waals surface area contributed by atoms with Crippen LogP contribution < -0.4 is 5.73 Å². The molecule has 1 aromatic rings. The van der Waals surface area contributed by atoms with E-state index in [0.29, 0.717) is 0 Å². The number of rotatable bonds is 5. The Kier molecular flexibility index (Phi) is 5.37. The molecule has 1 rings (SSSR count). The standard InChI is InChI=1S/C13H18N2S/c1-10-5-11(2)7-12(6-10)9-16-4-3-13(15)8-14/h5-7,13H,3-4,9,15H2,1-2H3. The smallest absolute Gasteiger partial charge is 0.0935 e. The second-order valence-electron chi connectivity index (χ2n) is 4.07. The summed E-state index contributed by atoms with van der Waals surface area (Å²) in [7, 11) is 0. The van der Waals surface area contributed by atoms with E-state index in [4.69, 9.17) is 11.0 Å². The van der Waals surface area contributed by atoms with Gasteiger partial charge in [-0.3, -0.25) is 0 Å². The zero-order valence-electron chi connectivity index (χ0n) is 9.86. The highest BCUT2D eigenvalue weighted by Crippen LogP contribution is 2.16. The largest absolute Gasteiger partial charge is 0.316 e. The fourth-order valence-electron chi connectivity index (χ4n) is 1.62. The van der Waals surface area contributed by atoms with Crippen LogP contribution in [0, 0.1) is 25.2 Å². The molecule has 0 aliphatic heterocycles.